The average Bonchev–Trinajstić information content (AvgIpc) is 3.15. The molecule has 0 unspecified atom stereocenters. The first-order valence-corrected chi connectivity index (χ1v) is 9.20. The molecule has 1 fully saturated rings. The molecule has 0 saturated carbocycles. The van der Waals surface area contributed by atoms with Crippen LogP contribution in [0.3, 0.4) is 0 Å². The molecule has 0 spiro atoms. The van der Waals surface area contributed by atoms with Crippen molar-refractivity contribution in [3.63, 3.8) is 0 Å². The van der Waals surface area contributed by atoms with Gasteiger partial charge in [-0.05, 0) is 20.3 Å². The molecule has 2 aromatic rings. The number of hydrogen-bond donors (Lipinski definition) is 2. The molecule has 1 aliphatic heterocycles. The molecule has 0 aliphatic carbocycles. The lowest BCUT2D eigenvalue weighted by Crippen LogP contribution is -2.45. The van der Waals surface area contributed by atoms with Crippen LogP contribution in [0.1, 0.15) is 25.3 Å². The zero-order valence-electron chi connectivity index (χ0n) is 14.1. The number of aromatic nitrogens is 1. The molecule has 1 aromatic heterocycles. The molecular weight excluding hydrogens is 320 g/mol. The first-order chi connectivity index (χ1) is 11.5. The van der Waals surface area contributed by atoms with Crippen molar-refractivity contribution in [3.05, 3.63) is 40.7 Å². The second-order valence-electron chi connectivity index (χ2n) is 6.60. The summed E-state index contributed by atoms with van der Waals surface area (Å²) in [7, 11) is 0. The van der Waals surface area contributed by atoms with Crippen molar-refractivity contribution in [2.75, 3.05) is 6.54 Å². The summed E-state index contributed by atoms with van der Waals surface area (Å²) in [5, 5.41) is 6.09. The smallest absolute Gasteiger partial charge is 0.237 e. The Balaban J connectivity index is 1.70. The molecule has 5 nitrogen and oxygen atoms in total. The van der Waals surface area contributed by atoms with Crippen molar-refractivity contribution in [2.45, 2.75) is 44.9 Å². The van der Waals surface area contributed by atoms with Gasteiger partial charge in [-0.2, -0.15) is 0 Å². The lowest BCUT2D eigenvalue weighted by atomic mass is 10.1. The number of carbonyl (C=O) groups excluding carboxylic acids is 1. The SMILES string of the molecule is CC(C)NC(=O)[C@@H]1C[C@@H](N)CN1Cc1nc(-c2ccccc2)cs1. The maximum atomic E-state index is 12.4. The van der Waals surface area contributed by atoms with E-state index < -0.39 is 0 Å². The third-order valence-corrected chi connectivity index (χ3v) is 4.96. The van der Waals surface area contributed by atoms with E-state index in [1.807, 2.05) is 32.0 Å². The Morgan fingerprint density at radius 3 is 2.88 bits per heavy atom. The summed E-state index contributed by atoms with van der Waals surface area (Å²) in [4.78, 5) is 19.3. The van der Waals surface area contributed by atoms with Gasteiger partial charge in [0.2, 0.25) is 5.91 Å². The van der Waals surface area contributed by atoms with Crippen LogP contribution in [0.15, 0.2) is 35.7 Å². The van der Waals surface area contributed by atoms with Crippen LogP contribution >= 0.6 is 11.3 Å². The van der Waals surface area contributed by atoms with E-state index in [1.54, 1.807) is 11.3 Å². The molecule has 2 heterocycles. The van der Waals surface area contributed by atoms with Gasteiger partial charge in [-0.15, -0.1) is 11.3 Å². The Bertz CT molecular complexity index is 685. The first kappa shape index (κ1) is 17.1. The molecule has 1 aliphatic rings. The van der Waals surface area contributed by atoms with Gasteiger partial charge >= 0.3 is 0 Å². The number of rotatable bonds is 5. The van der Waals surface area contributed by atoms with Crippen LogP contribution in [-0.4, -0.2) is 40.5 Å². The largest absolute Gasteiger partial charge is 0.353 e. The monoisotopic (exact) mass is 344 g/mol. The zero-order valence-corrected chi connectivity index (χ0v) is 14.9. The van der Waals surface area contributed by atoms with Gasteiger partial charge in [-0.3, -0.25) is 9.69 Å². The Kier molecular flexibility index (Phi) is 5.28. The number of likely N-dealkylation sites (tertiary alicyclic amines) is 1. The van der Waals surface area contributed by atoms with Gasteiger partial charge in [0, 0.05) is 29.6 Å². The van der Waals surface area contributed by atoms with Crippen molar-refractivity contribution in [1.82, 2.24) is 15.2 Å². The number of benzene rings is 1. The summed E-state index contributed by atoms with van der Waals surface area (Å²) in [6.45, 7) is 5.35. The fourth-order valence-electron chi connectivity index (χ4n) is 3.07. The molecule has 3 N–H and O–H groups in total. The number of nitrogens with zero attached hydrogens (tertiary/aromatic N) is 2. The van der Waals surface area contributed by atoms with Crippen LogP contribution in [-0.2, 0) is 11.3 Å². The van der Waals surface area contributed by atoms with Gasteiger partial charge in [0.1, 0.15) is 5.01 Å². The normalized spacial score (nSPS) is 21.3. The predicted octanol–water partition coefficient (Wildman–Crippen LogP) is 2.24. The van der Waals surface area contributed by atoms with Crippen LogP contribution in [0.5, 0.6) is 0 Å². The maximum absolute atomic E-state index is 12.4. The van der Waals surface area contributed by atoms with E-state index >= 15 is 0 Å². The first-order valence-electron chi connectivity index (χ1n) is 8.32. The van der Waals surface area contributed by atoms with Crippen molar-refractivity contribution in [1.29, 1.82) is 0 Å². The van der Waals surface area contributed by atoms with Crippen LogP contribution in [0.25, 0.3) is 11.3 Å². The third kappa shape index (κ3) is 4.01. The summed E-state index contributed by atoms with van der Waals surface area (Å²) in [5.41, 5.74) is 8.20. The third-order valence-electron chi connectivity index (χ3n) is 4.13. The minimum absolute atomic E-state index is 0.0430. The summed E-state index contributed by atoms with van der Waals surface area (Å²) >= 11 is 1.63. The topological polar surface area (TPSA) is 71.2 Å². The summed E-state index contributed by atoms with van der Waals surface area (Å²) in [5.74, 6) is 0.0674. The fraction of sp³-hybridized carbons (Fsp3) is 0.444. The summed E-state index contributed by atoms with van der Waals surface area (Å²) in [6, 6.07) is 10.2. The highest BCUT2D eigenvalue weighted by atomic mass is 32.1. The molecule has 128 valence electrons. The maximum Gasteiger partial charge on any atom is 0.237 e. The van der Waals surface area contributed by atoms with Gasteiger partial charge in [-0.25, -0.2) is 4.98 Å². The Labute approximate surface area is 146 Å². The van der Waals surface area contributed by atoms with Crippen molar-refractivity contribution in [2.24, 2.45) is 5.73 Å². The molecule has 6 heteroatoms. The Morgan fingerprint density at radius 1 is 1.42 bits per heavy atom. The highest BCUT2D eigenvalue weighted by molar-refractivity contribution is 7.09. The average molecular weight is 344 g/mol. The quantitative estimate of drug-likeness (QED) is 0.873. The second-order valence-corrected chi connectivity index (χ2v) is 7.54. The minimum Gasteiger partial charge on any atom is -0.353 e. The highest BCUT2D eigenvalue weighted by Crippen LogP contribution is 2.25. The van der Waals surface area contributed by atoms with E-state index in [1.165, 1.54) is 0 Å². The molecule has 0 bridgehead atoms. The molecule has 0 radical (unpaired) electrons. The van der Waals surface area contributed by atoms with E-state index in [-0.39, 0.29) is 24.0 Å². The number of hydrogen-bond acceptors (Lipinski definition) is 5. The van der Waals surface area contributed by atoms with E-state index in [9.17, 15) is 4.79 Å². The number of nitrogens with one attached hydrogen (secondary N) is 1. The molecular formula is C18H24N4OS. The lowest BCUT2D eigenvalue weighted by molar-refractivity contribution is -0.126. The number of nitrogens with two attached hydrogens (primary N) is 1. The molecule has 3 rings (SSSR count). The van der Waals surface area contributed by atoms with Gasteiger partial charge in [0.15, 0.2) is 0 Å². The second kappa shape index (κ2) is 7.42. The van der Waals surface area contributed by atoms with Gasteiger partial charge in [0.25, 0.3) is 0 Å². The van der Waals surface area contributed by atoms with Gasteiger partial charge < -0.3 is 11.1 Å². The molecule has 1 amide bonds. The minimum atomic E-state index is -0.161. The Hall–Kier alpha value is -1.76. The van der Waals surface area contributed by atoms with Crippen molar-refractivity contribution in [3.8, 4) is 11.3 Å². The fourth-order valence-corrected chi connectivity index (χ4v) is 3.89. The highest BCUT2D eigenvalue weighted by Gasteiger charge is 2.35. The lowest BCUT2D eigenvalue weighted by Gasteiger charge is -2.23. The van der Waals surface area contributed by atoms with Crippen LogP contribution < -0.4 is 11.1 Å². The number of amides is 1. The van der Waals surface area contributed by atoms with Crippen LogP contribution in [0.2, 0.25) is 0 Å². The number of thiazole rings is 1. The van der Waals surface area contributed by atoms with E-state index in [2.05, 4.69) is 27.7 Å². The summed E-state index contributed by atoms with van der Waals surface area (Å²) in [6.07, 6.45) is 0.704. The standard InChI is InChI=1S/C18H24N4OS/c1-12(2)20-18(23)16-8-14(19)9-22(16)10-17-21-15(11-24-17)13-6-4-3-5-7-13/h3-7,11-12,14,16H,8-10,19H2,1-2H3,(H,20,23)/t14-,16+/m1/s1. The molecule has 2 atom stereocenters. The molecule has 1 aromatic carbocycles. The molecule has 1 saturated heterocycles. The van der Waals surface area contributed by atoms with E-state index in [0.29, 0.717) is 13.0 Å². The van der Waals surface area contributed by atoms with Crippen LogP contribution in [0.4, 0.5) is 0 Å². The molecule has 24 heavy (non-hydrogen) atoms. The van der Waals surface area contributed by atoms with E-state index in [0.717, 1.165) is 22.8 Å². The summed E-state index contributed by atoms with van der Waals surface area (Å²) < 4.78 is 0. The van der Waals surface area contributed by atoms with Crippen LogP contribution in [0, 0.1) is 0 Å². The van der Waals surface area contributed by atoms with E-state index in [4.69, 9.17) is 10.7 Å². The Morgan fingerprint density at radius 2 is 2.17 bits per heavy atom. The number of carbonyl (C=O) groups is 1. The van der Waals surface area contributed by atoms with Crippen molar-refractivity contribution < 1.29 is 4.79 Å². The predicted molar refractivity (Wildman–Crippen MR) is 97.6 cm³/mol. The van der Waals surface area contributed by atoms with Crippen molar-refractivity contribution >= 4 is 17.2 Å². The zero-order chi connectivity index (χ0) is 17.1. The van der Waals surface area contributed by atoms with Gasteiger partial charge in [0.05, 0.1) is 18.3 Å². The van der Waals surface area contributed by atoms with Gasteiger partial charge in [-0.1, -0.05) is 30.3 Å².